The van der Waals surface area contributed by atoms with Crippen molar-refractivity contribution >= 4 is 28.4 Å². The summed E-state index contributed by atoms with van der Waals surface area (Å²) in [6.07, 6.45) is 0.288. The molecule has 0 spiro atoms. The predicted octanol–water partition coefficient (Wildman–Crippen LogP) is 2.29. The lowest BCUT2D eigenvalue weighted by Gasteiger charge is -2.17. The molecule has 1 heterocycles. The van der Waals surface area contributed by atoms with Gasteiger partial charge in [0.2, 0.25) is 5.12 Å². The zero-order valence-electron chi connectivity index (χ0n) is 9.75. The normalized spacial score (nSPS) is 18.3. The van der Waals surface area contributed by atoms with Crippen LogP contribution in [0.15, 0.2) is 30.5 Å². The molecule has 1 unspecified atom stereocenters. The maximum Gasteiger partial charge on any atom is 0.344 e. The van der Waals surface area contributed by atoms with Gasteiger partial charge >= 0.3 is 5.97 Å². The highest BCUT2D eigenvalue weighted by atomic mass is 32.2. The van der Waals surface area contributed by atoms with Crippen molar-refractivity contribution in [2.45, 2.75) is 18.8 Å². The van der Waals surface area contributed by atoms with Crippen LogP contribution in [0.3, 0.4) is 0 Å². The Morgan fingerprint density at radius 3 is 2.94 bits per heavy atom. The van der Waals surface area contributed by atoms with Gasteiger partial charge in [-0.3, -0.25) is 4.79 Å². The summed E-state index contributed by atoms with van der Waals surface area (Å²) in [7, 11) is 0. The number of carboxylic acids is 1. The lowest BCUT2D eigenvalue weighted by atomic mass is 10.0. The molecule has 0 aliphatic carbocycles. The number of rotatable bonds is 3. The fourth-order valence-corrected chi connectivity index (χ4v) is 2.43. The quantitative estimate of drug-likeness (QED) is 0.670. The van der Waals surface area contributed by atoms with Crippen molar-refractivity contribution < 1.29 is 19.4 Å². The number of hydrogen-bond donors (Lipinski definition) is 1. The van der Waals surface area contributed by atoms with Crippen LogP contribution in [0, 0.1) is 0 Å². The highest BCUT2D eigenvalue weighted by Gasteiger charge is 2.23. The number of thioether (sulfide) groups is 1. The molecule has 0 aromatic heterocycles. The average Bonchev–Trinajstić information content (AvgIpc) is 2.37. The van der Waals surface area contributed by atoms with Gasteiger partial charge < -0.3 is 9.84 Å². The van der Waals surface area contributed by atoms with Crippen LogP contribution >= 0.6 is 11.8 Å². The molecule has 0 saturated heterocycles. The van der Waals surface area contributed by atoms with Crippen LogP contribution in [-0.2, 0) is 20.1 Å². The molecular weight excluding hydrogens is 252 g/mol. The van der Waals surface area contributed by atoms with E-state index in [1.165, 1.54) is 24.9 Å². The fraction of sp³-hybridized carbons (Fsp3) is 0.231. The Hall–Kier alpha value is -1.75. The summed E-state index contributed by atoms with van der Waals surface area (Å²) in [5.41, 5.74) is 2.30. The molecule has 4 nitrogen and oxygen atoms in total. The van der Waals surface area contributed by atoms with E-state index in [2.05, 4.69) is 0 Å². The van der Waals surface area contributed by atoms with Gasteiger partial charge in [0.25, 0.3) is 0 Å². The van der Waals surface area contributed by atoms with Crippen LogP contribution in [0.5, 0.6) is 0 Å². The Morgan fingerprint density at radius 2 is 2.22 bits per heavy atom. The second-order valence-corrected chi connectivity index (χ2v) is 4.83. The number of fused-ring (bicyclic) bond motifs is 1. The van der Waals surface area contributed by atoms with Crippen molar-refractivity contribution in [1.82, 2.24) is 0 Å². The first kappa shape index (κ1) is 12.7. The molecule has 1 aliphatic heterocycles. The first-order valence-electron chi connectivity index (χ1n) is 5.43. The van der Waals surface area contributed by atoms with Gasteiger partial charge in [0.05, 0.1) is 11.8 Å². The Kier molecular flexibility index (Phi) is 3.72. The molecule has 0 amide bonds. The zero-order valence-corrected chi connectivity index (χ0v) is 10.6. The monoisotopic (exact) mass is 264 g/mol. The fourth-order valence-electron chi connectivity index (χ4n) is 1.58. The van der Waals surface area contributed by atoms with E-state index in [9.17, 15) is 9.59 Å². The maximum atomic E-state index is 11.8. The largest absolute Gasteiger partial charge is 0.486 e. The van der Waals surface area contributed by atoms with Gasteiger partial charge in [0, 0.05) is 5.75 Å². The molecule has 1 aromatic carbocycles. The second kappa shape index (κ2) is 5.27. The summed E-state index contributed by atoms with van der Waals surface area (Å²) in [4.78, 5) is 22.5. The van der Waals surface area contributed by atoms with Gasteiger partial charge in [-0.1, -0.05) is 36.0 Å². The average molecular weight is 264 g/mol. The van der Waals surface area contributed by atoms with Crippen LogP contribution in [-0.4, -0.2) is 22.3 Å². The molecule has 2 rings (SSSR count). The molecule has 18 heavy (non-hydrogen) atoms. The van der Waals surface area contributed by atoms with Crippen molar-refractivity contribution in [3.8, 4) is 0 Å². The van der Waals surface area contributed by atoms with Gasteiger partial charge in [0.15, 0.2) is 6.10 Å². The van der Waals surface area contributed by atoms with Gasteiger partial charge in [-0.2, -0.15) is 0 Å². The molecule has 94 valence electrons. The first-order valence-corrected chi connectivity index (χ1v) is 6.42. The molecule has 0 bridgehead atoms. The van der Waals surface area contributed by atoms with Crippen molar-refractivity contribution in [3.63, 3.8) is 0 Å². The third-order valence-electron chi connectivity index (χ3n) is 2.62. The number of carbonyl (C=O) groups is 2. The summed E-state index contributed by atoms with van der Waals surface area (Å²) in [6, 6.07) is 7.54. The third-order valence-corrected chi connectivity index (χ3v) is 3.56. The van der Waals surface area contributed by atoms with E-state index in [4.69, 9.17) is 9.84 Å². The molecule has 1 aromatic rings. The Morgan fingerprint density at radius 1 is 1.50 bits per heavy atom. The Balaban J connectivity index is 2.29. The SMILES string of the molecule is CC(OC=C1C(=O)SCc2ccccc21)C(=O)O. The van der Waals surface area contributed by atoms with Crippen LogP contribution < -0.4 is 0 Å². The zero-order chi connectivity index (χ0) is 13.1. The smallest absolute Gasteiger partial charge is 0.344 e. The van der Waals surface area contributed by atoms with E-state index >= 15 is 0 Å². The lowest BCUT2D eigenvalue weighted by Crippen LogP contribution is -2.18. The highest BCUT2D eigenvalue weighted by Crippen LogP contribution is 2.33. The van der Waals surface area contributed by atoms with E-state index in [1.807, 2.05) is 24.3 Å². The van der Waals surface area contributed by atoms with E-state index in [-0.39, 0.29) is 5.12 Å². The van der Waals surface area contributed by atoms with Crippen LogP contribution in [0.2, 0.25) is 0 Å². The number of carbonyl (C=O) groups excluding carboxylic acids is 1. The number of benzene rings is 1. The predicted molar refractivity (Wildman–Crippen MR) is 68.9 cm³/mol. The first-order chi connectivity index (χ1) is 8.59. The number of ether oxygens (including phenoxy) is 1. The van der Waals surface area contributed by atoms with E-state index in [0.29, 0.717) is 11.3 Å². The topological polar surface area (TPSA) is 63.6 Å². The van der Waals surface area contributed by atoms with Crippen molar-refractivity contribution in [2.75, 3.05) is 0 Å². The van der Waals surface area contributed by atoms with Crippen LogP contribution in [0.1, 0.15) is 18.1 Å². The van der Waals surface area contributed by atoms with Gasteiger partial charge in [-0.15, -0.1) is 0 Å². The molecule has 1 aliphatic rings. The molecule has 1 atom stereocenters. The number of hydrogen-bond acceptors (Lipinski definition) is 4. The van der Waals surface area contributed by atoms with Crippen LogP contribution in [0.25, 0.3) is 5.57 Å². The van der Waals surface area contributed by atoms with Gasteiger partial charge in [-0.25, -0.2) is 4.79 Å². The molecule has 0 radical (unpaired) electrons. The Labute approximate surface area is 109 Å². The number of aliphatic carboxylic acids is 1. The van der Waals surface area contributed by atoms with E-state index in [0.717, 1.165) is 11.1 Å². The van der Waals surface area contributed by atoms with Crippen molar-refractivity contribution in [3.05, 3.63) is 41.7 Å². The summed E-state index contributed by atoms with van der Waals surface area (Å²) in [6.45, 7) is 1.42. The van der Waals surface area contributed by atoms with Crippen molar-refractivity contribution in [2.24, 2.45) is 0 Å². The van der Waals surface area contributed by atoms with Crippen LogP contribution in [0.4, 0.5) is 0 Å². The second-order valence-electron chi connectivity index (χ2n) is 3.88. The Bertz CT molecular complexity index is 521. The molecule has 1 N–H and O–H groups in total. The molecule has 0 saturated carbocycles. The highest BCUT2D eigenvalue weighted by molar-refractivity contribution is 8.14. The minimum atomic E-state index is -1.06. The summed E-state index contributed by atoms with van der Waals surface area (Å²) >= 11 is 1.19. The minimum absolute atomic E-state index is 0.0914. The van der Waals surface area contributed by atoms with Gasteiger partial charge in [0.1, 0.15) is 0 Å². The maximum absolute atomic E-state index is 11.8. The van der Waals surface area contributed by atoms with Gasteiger partial charge in [-0.05, 0) is 18.1 Å². The summed E-state index contributed by atoms with van der Waals surface area (Å²) in [5, 5.41) is 8.64. The molecular formula is C13H12O4S. The molecule has 0 fully saturated rings. The summed E-state index contributed by atoms with van der Waals surface area (Å²) < 4.78 is 5.07. The number of carboxylic acid groups (broad SMARTS) is 1. The standard InChI is InChI=1S/C13H12O4S/c1-8(12(14)15)17-6-11-10-5-3-2-4-9(10)7-18-13(11)16/h2-6,8H,7H2,1H3,(H,14,15). The minimum Gasteiger partial charge on any atom is -0.486 e. The van der Waals surface area contributed by atoms with Crippen molar-refractivity contribution in [1.29, 1.82) is 0 Å². The van der Waals surface area contributed by atoms with E-state index < -0.39 is 12.1 Å². The molecule has 5 heteroatoms. The third kappa shape index (κ3) is 2.56. The summed E-state index contributed by atoms with van der Waals surface area (Å²) in [5.74, 6) is -0.420. The lowest BCUT2D eigenvalue weighted by molar-refractivity contribution is -0.145. The van der Waals surface area contributed by atoms with E-state index in [1.54, 1.807) is 0 Å².